The Morgan fingerprint density at radius 1 is 0.905 bits per heavy atom. The maximum Gasteiger partial charge on any atom is 0.226 e. The Kier molecular flexibility index (Phi) is 8.00. The van der Waals surface area contributed by atoms with Crippen molar-refractivity contribution in [3.8, 4) is 0 Å². The molecule has 0 heterocycles. The number of nitrogens with zero attached hydrogens (tertiary/aromatic N) is 1. The van der Waals surface area contributed by atoms with Gasteiger partial charge in [-0.05, 0) is 129 Å². The second-order valence-electron chi connectivity index (χ2n) is 16.4. The molecule has 5 aliphatic rings. The molecule has 0 aromatic heterocycles. The largest absolute Gasteiger partial charge is 0.395 e. The molecule has 4 nitrogen and oxygen atoms in total. The van der Waals surface area contributed by atoms with Crippen LogP contribution in [0.25, 0.3) is 5.57 Å². The lowest BCUT2D eigenvalue weighted by Crippen LogP contribution is -2.62. The number of aliphatic hydroxyl groups excluding tert-OH is 1. The molecule has 0 radical (unpaired) electrons. The van der Waals surface area contributed by atoms with Gasteiger partial charge < -0.3 is 15.3 Å². The minimum Gasteiger partial charge on any atom is -0.395 e. The van der Waals surface area contributed by atoms with Crippen molar-refractivity contribution in [1.29, 1.82) is 0 Å². The van der Waals surface area contributed by atoms with Crippen LogP contribution in [0.15, 0.2) is 30.3 Å². The Balaban J connectivity index is 1.22. The van der Waals surface area contributed by atoms with Crippen LogP contribution in [0.1, 0.15) is 103 Å². The van der Waals surface area contributed by atoms with Crippen LogP contribution >= 0.6 is 0 Å². The van der Waals surface area contributed by atoms with Gasteiger partial charge in [0.2, 0.25) is 5.91 Å². The molecule has 42 heavy (non-hydrogen) atoms. The summed E-state index contributed by atoms with van der Waals surface area (Å²) in [6, 6.07) is 9.26. The van der Waals surface area contributed by atoms with E-state index in [1.54, 1.807) is 5.57 Å². The van der Waals surface area contributed by atoms with Crippen LogP contribution in [0.4, 0.5) is 0 Å². The highest BCUT2D eigenvalue weighted by Gasteiger charge is 2.66. The summed E-state index contributed by atoms with van der Waals surface area (Å²) < 4.78 is 0. The van der Waals surface area contributed by atoms with Crippen LogP contribution < -0.4 is 5.32 Å². The number of aliphatic hydroxyl groups is 1. The third-order valence-electron chi connectivity index (χ3n) is 14.2. The SMILES string of the molecule is Cc1ccc(C2=CCC3(C)C(CCC4(C)C5CCC6(C(=O)NCCN(C)CCO)CCCC6C5CCC43)C2(C)C)cc1. The van der Waals surface area contributed by atoms with Crippen LogP contribution in [-0.2, 0) is 4.79 Å². The number of carbonyl (C=O) groups is 1. The summed E-state index contributed by atoms with van der Waals surface area (Å²) in [6.45, 7) is 15.0. The Labute approximate surface area is 256 Å². The van der Waals surface area contributed by atoms with Crippen molar-refractivity contribution in [1.82, 2.24) is 10.2 Å². The molecule has 1 amide bonds. The van der Waals surface area contributed by atoms with E-state index in [4.69, 9.17) is 0 Å². The van der Waals surface area contributed by atoms with Gasteiger partial charge in [-0.1, -0.05) is 70.0 Å². The summed E-state index contributed by atoms with van der Waals surface area (Å²) in [5, 5.41) is 12.6. The normalized spacial score (nSPS) is 40.4. The quantitative estimate of drug-likeness (QED) is 0.355. The molecule has 4 fully saturated rings. The lowest BCUT2D eigenvalue weighted by molar-refractivity contribution is -0.181. The molecule has 8 unspecified atom stereocenters. The fraction of sp³-hybridized carbons (Fsp3) is 0.763. The Hall–Kier alpha value is -1.65. The first kappa shape index (κ1) is 30.4. The van der Waals surface area contributed by atoms with Crippen molar-refractivity contribution in [2.75, 3.05) is 33.3 Å². The molecule has 6 rings (SSSR count). The lowest BCUT2D eigenvalue weighted by Gasteiger charge is -2.68. The molecule has 1 aromatic carbocycles. The molecule has 232 valence electrons. The van der Waals surface area contributed by atoms with Gasteiger partial charge in [0, 0.05) is 19.6 Å². The van der Waals surface area contributed by atoms with Gasteiger partial charge in [-0.25, -0.2) is 0 Å². The fourth-order valence-electron chi connectivity index (χ4n) is 12.3. The average Bonchev–Trinajstić information content (AvgIpc) is 3.39. The van der Waals surface area contributed by atoms with E-state index in [1.807, 2.05) is 7.05 Å². The van der Waals surface area contributed by atoms with E-state index in [0.717, 1.165) is 31.2 Å². The summed E-state index contributed by atoms with van der Waals surface area (Å²) in [4.78, 5) is 16.0. The molecule has 4 saturated carbocycles. The first-order valence-corrected chi connectivity index (χ1v) is 17.3. The highest BCUT2D eigenvalue weighted by atomic mass is 16.3. The summed E-state index contributed by atoms with van der Waals surface area (Å²) >= 11 is 0. The van der Waals surface area contributed by atoms with E-state index in [-0.39, 0.29) is 17.4 Å². The van der Waals surface area contributed by atoms with Crippen LogP contribution in [0.5, 0.6) is 0 Å². The maximum absolute atomic E-state index is 13.9. The summed E-state index contributed by atoms with van der Waals surface area (Å²) in [6.07, 6.45) is 15.1. The van der Waals surface area contributed by atoms with E-state index >= 15 is 0 Å². The van der Waals surface area contributed by atoms with Gasteiger partial charge in [0.1, 0.15) is 0 Å². The van der Waals surface area contributed by atoms with Crippen LogP contribution in [0.3, 0.4) is 0 Å². The zero-order valence-electron chi connectivity index (χ0n) is 27.5. The van der Waals surface area contributed by atoms with Gasteiger partial charge >= 0.3 is 0 Å². The van der Waals surface area contributed by atoms with Crippen LogP contribution in [-0.4, -0.2) is 49.2 Å². The molecule has 0 aliphatic heterocycles. The second-order valence-corrected chi connectivity index (χ2v) is 16.4. The van der Waals surface area contributed by atoms with Crippen molar-refractivity contribution >= 4 is 11.5 Å². The molecule has 0 spiro atoms. The van der Waals surface area contributed by atoms with Crippen molar-refractivity contribution in [2.24, 2.45) is 51.2 Å². The number of carbonyl (C=O) groups excluding carboxylic acids is 1. The Morgan fingerprint density at radius 2 is 1.67 bits per heavy atom. The third kappa shape index (κ3) is 4.64. The number of amides is 1. The van der Waals surface area contributed by atoms with Gasteiger partial charge in [0.25, 0.3) is 0 Å². The highest BCUT2D eigenvalue weighted by molar-refractivity contribution is 5.83. The standard InChI is InChI=1S/C38H58N2O2/c1-26-9-11-27(12-10-26)29-15-19-37(5)32(35(29,2)3)17-20-36(4)30-16-21-38(34(42)39-22-23-40(6)24-25-41)18-7-8-31(38)28(30)13-14-33(36)37/h9-12,15,28,30-33,41H,7-8,13-14,16-25H2,1-6H3,(H,39,42). The van der Waals surface area contributed by atoms with Gasteiger partial charge in [-0.3, -0.25) is 4.79 Å². The zero-order chi connectivity index (χ0) is 29.9. The number of benzene rings is 1. The summed E-state index contributed by atoms with van der Waals surface area (Å²) in [7, 11) is 2.02. The van der Waals surface area contributed by atoms with E-state index in [1.165, 1.54) is 62.5 Å². The smallest absolute Gasteiger partial charge is 0.226 e. The number of aryl methyl sites for hydroxylation is 1. The monoisotopic (exact) mass is 574 g/mol. The Bertz CT molecular complexity index is 1190. The zero-order valence-corrected chi connectivity index (χ0v) is 27.5. The summed E-state index contributed by atoms with van der Waals surface area (Å²) in [5.41, 5.74) is 5.11. The molecule has 5 aliphatic carbocycles. The van der Waals surface area contributed by atoms with Crippen LogP contribution in [0, 0.1) is 58.2 Å². The molecule has 1 aromatic rings. The highest BCUT2D eigenvalue weighted by Crippen LogP contribution is 2.73. The maximum atomic E-state index is 13.9. The van der Waals surface area contributed by atoms with Gasteiger partial charge in [0.05, 0.1) is 12.0 Å². The van der Waals surface area contributed by atoms with Gasteiger partial charge in [0.15, 0.2) is 0 Å². The molecule has 0 bridgehead atoms. The molecule has 4 heteroatoms. The topological polar surface area (TPSA) is 52.6 Å². The minimum atomic E-state index is -0.139. The van der Waals surface area contributed by atoms with Gasteiger partial charge in [-0.2, -0.15) is 0 Å². The van der Waals surface area contributed by atoms with Crippen molar-refractivity contribution < 1.29 is 9.90 Å². The first-order valence-electron chi connectivity index (χ1n) is 17.3. The van der Waals surface area contributed by atoms with E-state index in [2.05, 4.69) is 75.2 Å². The number of rotatable bonds is 7. The minimum absolute atomic E-state index is 0.139. The number of hydrogen-bond acceptors (Lipinski definition) is 3. The number of nitrogens with one attached hydrogen (secondary N) is 1. The summed E-state index contributed by atoms with van der Waals surface area (Å²) in [5.74, 6) is 3.85. The van der Waals surface area contributed by atoms with Crippen molar-refractivity contribution in [3.05, 3.63) is 41.5 Å². The van der Waals surface area contributed by atoms with Crippen molar-refractivity contribution in [2.45, 2.75) is 98.8 Å². The number of allylic oxidation sites excluding steroid dienone is 2. The predicted molar refractivity (Wildman–Crippen MR) is 173 cm³/mol. The number of hydrogen-bond donors (Lipinski definition) is 2. The van der Waals surface area contributed by atoms with Crippen molar-refractivity contribution in [3.63, 3.8) is 0 Å². The third-order valence-corrected chi connectivity index (χ3v) is 14.2. The Morgan fingerprint density at radius 3 is 2.40 bits per heavy atom. The molecular formula is C38H58N2O2. The molecule has 2 N–H and O–H groups in total. The van der Waals surface area contributed by atoms with E-state index < -0.39 is 0 Å². The fourth-order valence-corrected chi connectivity index (χ4v) is 12.3. The lowest BCUT2D eigenvalue weighted by atomic mass is 9.36. The average molecular weight is 575 g/mol. The number of likely N-dealkylation sites (N-methyl/N-ethyl adjacent to an activating group) is 1. The first-order chi connectivity index (χ1) is 20.0. The predicted octanol–water partition coefficient (Wildman–Crippen LogP) is 7.49. The number of fused-ring (bicyclic) bond motifs is 7. The molecule has 0 saturated heterocycles. The van der Waals surface area contributed by atoms with E-state index in [0.29, 0.717) is 47.6 Å². The van der Waals surface area contributed by atoms with Crippen LogP contribution in [0.2, 0.25) is 0 Å². The second kappa shape index (κ2) is 11.1. The van der Waals surface area contributed by atoms with E-state index in [9.17, 15) is 9.90 Å². The van der Waals surface area contributed by atoms with Gasteiger partial charge in [-0.15, -0.1) is 0 Å². The molecule has 8 atom stereocenters. The molecular weight excluding hydrogens is 516 g/mol.